The second-order valence-corrected chi connectivity index (χ2v) is 6.64. The Kier molecular flexibility index (Phi) is 5.02. The van der Waals surface area contributed by atoms with Crippen molar-refractivity contribution >= 4 is 23.2 Å². The van der Waals surface area contributed by atoms with E-state index in [2.05, 4.69) is 5.32 Å². The molecule has 3 aromatic carbocycles. The van der Waals surface area contributed by atoms with Gasteiger partial charge >= 0.3 is 0 Å². The van der Waals surface area contributed by atoms with Gasteiger partial charge in [0.05, 0.1) is 25.5 Å². The molecule has 1 heterocycles. The average Bonchev–Trinajstić information content (AvgIpc) is 2.88. The van der Waals surface area contributed by atoms with E-state index in [1.165, 1.54) is 19.1 Å². The number of para-hydroxylation sites is 2. The lowest BCUT2D eigenvalue weighted by molar-refractivity contribution is 0.0989. The number of nitrogens with zero attached hydrogens (tertiary/aromatic N) is 1. The maximum atomic E-state index is 13.0. The van der Waals surface area contributed by atoms with Crippen molar-refractivity contribution in [3.05, 3.63) is 71.8 Å². The predicted molar refractivity (Wildman–Crippen MR) is 113 cm³/mol. The molecule has 7 nitrogen and oxygen atoms in total. The van der Waals surface area contributed by atoms with Gasteiger partial charge in [-0.1, -0.05) is 18.2 Å². The van der Waals surface area contributed by atoms with Gasteiger partial charge < -0.3 is 24.4 Å². The minimum Gasteiger partial charge on any atom is -0.496 e. The van der Waals surface area contributed by atoms with Crippen LogP contribution in [-0.4, -0.2) is 33.1 Å². The summed E-state index contributed by atoms with van der Waals surface area (Å²) in [6, 6.07) is 17.3. The molecule has 3 aromatic rings. The number of ether oxygens (including phenoxy) is 3. The Morgan fingerprint density at radius 3 is 2.33 bits per heavy atom. The molecule has 0 spiro atoms. The lowest BCUT2D eigenvalue weighted by atomic mass is 10.1. The van der Waals surface area contributed by atoms with Crippen LogP contribution in [0.2, 0.25) is 0 Å². The normalized spacial score (nSPS) is 12.2. The number of fused-ring (bicyclic) bond motifs is 2. The van der Waals surface area contributed by atoms with Gasteiger partial charge in [0, 0.05) is 12.7 Å². The van der Waals surface area contributed by atoms with Gasteiger partial charge in [0.1, 0.15) is 22.8 Å². The number of nitrogens with one attached hydrogen (secondary N) is 1. The van der Waals surface area contributed by atoms with Crippen molar-refractivity contribution in [1.29, 1.82) is 0 Å². The van der Waals surface area contributed by atoms with Crippen LogP contribution < -0.4 is 24.4 Å². The lowest BCUT2D eigenvalue weighted by Gasteiger charge is -2.16. The van der Waals surface area contributed by atoms with Crippen molar-refractivity contribution in [3.8, 4) is 23.0 Å². The Balaban J connectivity index is 1.68. The molecule has 152 valence electrons. The van der Waals surface area contributed by atoms with Crippen LogP contribution in [0, 0.1) is 0 Å². The molecule has 7 heteroatoms. The van der Waals surface area contributed by atoms with Crippen LogP contribution in [0.4, 0.5) is 11.4 Å². The molecule has 0 fully saturated rings. The predicted octanol–water partition coefficient (Wildman–Crippen LogP) is 4.34. The number of carbonyl (C=O) groups is 2. The molecule has 0 unspecified atom stereocenters. The average molecular weight is 404 g/mol. The Hall–Kier alpha value is -4.00. The van der Waals surface area contributed by atoms with Crippen LogP contribution in [0.1, 0.15) is 20.7 Å². The number of carbonyl (C=O) groups excluding carboxylic acids is 2. The smallest absolute Gasteiger partial charge is 0.263 e. The number of benzene rings is 3. The molecule has 30 heavy (non-hydrogen) atoms. The Bertz CT molecular complexity index is 1120. The quantitative estimate of drug-likeness (QED) is 0.700. The topological polar surface area (TPSA) is 77.1 Å². The number of rotatable bonds is 4. The highest BCUT2D eigenvalue weighted by atomic mass is 16.5. The number of methoxy groups -OCH3 is 2. The van der Waals surface area contributed by atoms with Gasteiger partial charge in [-0.2, -0.15) is 0 Å². The molecule has 1 N–H and O–H groups in total. The van der Waals surface area contributed by atoms with Gasteiger partial charge in [-0.15, -0.1) is 0 Å². The highest BCUT2D eigenvalue weighted by molar-refractivity contribution is 6.12. The van der Waals surface area contributed by atoms with Gasteiger partial charge in [0.2, 0.25) is 0 Å². The number of anilines is 2. The maximum absolute atomic E-state index is 13.0. The number of amides is 2. The summed E-state index contributed by atoms with van der Waals surface area (Å²) in [6.07, 6.45) is 0. The molecule has 1 aliphatic heterocycles. The largest absolute Gasteiger partial charge is 0.496 e. The summed E-state index contributed by atoms with van der Waals surface area (Å²) in [4.78, 5) is 27.5. The van der Waals surface area contributed by atoms with Crippen LogP contribution in [0.5, 0.6) is 23.0 Å². The van der Waals surface area contributed by atoms with E-state index < -0.39 is 5.91 Å². The van der Waals surface area contributed by atoms with Crippen LogP contribution in [0.25, 0.3) is 0 Å². The van der Waals surface area contributed by atoms with E-state index in [0.717, 1.165) is 0 Å². The van der Waals surface area contributed by atoms with E-state index in [1.54, 1.807) is 49.5 Å². The van der Waals surface area contributed by atoms with Crippen LogP contribution in [0.3, 0.4) is 0 Å². The van der Waals surface area contributed by atoms with E-state index in [-0.39, 0.29) is 11.5 Å². The standard InChI is InChI=1S/C23H20N2O5/c1-25-16-7-4-5-8-18(16)30-17-12-11-14(13-15(17)23(25)27)24-22(26)21-19(28-2)9-6-10-20(21)29-3/h4-13H,1-3H3,(H,24,26). The zero-order chi connectivity index (χ0) is 21.3. The third kappa shape index (κ3) is 3.30. The molecule has 0 atom stereocenters. The number of hydrogen-bond donors (Lipinski definition) is 1. The first-order chi connectivity index (χ1) is 14.5. The summed E-state index contributed by atoms with van der Waals surface area (Å²) in [6.45, 7) is 0. The fraction of sp³-hybridized carbons (Fsp3) is 0.130. The molecule has 0 aliphatic carbocycles. The van der Waals surface area contributed by atoms with Crippen molar-refractivity contribution in [2.24, 2.45) is 0 Å². The molecule has 1 aliphatic rings. The van der Waals surface area contributed by atoms with Crippen LogP contribution in [-0.2, 0) is 0 Å². The van der Waals surface area contributed by atoms with Crippen molar-refractivity contribution < 1.29 is 23.8 Å². The molecule has 0 aromatic heterocycles. The summed E-state index contributed by atoms with van der Waals surface area (Å²) in [5.74, 6) is 1.13. The molecule has 0 bridgehead atoms. The Morgan fingerprint density at radius 1 is 0.933 bits per heavy atom. The third-order valence-electron chi connectivity index (χ3n) is 4.87. The van der Waals surface area contributed by atoms with E-state index in [1.807, 2.05) is 18.2 Å². The van der Waals surface area contributed by atoms with Gasteiger partial charge in [-0.25, -0.2) is 0 Å². The SMILES string of the molecule is COc1cccc(OC)c1C(=O)Nc1ccc2c(c1)C(=O)N(C)c1ccccc1O2. The fourth-order valence-electron chi connectivity index (χ4n) is 3.36. The van der Waals surface area contributed by atoms with E-state index in [9.17, 15) is 9.59 Å². The summed E-state index contributed by atoms with van der Waals surface area (Å²) >= 11 is 0. The van der Waals surface area contributed by atoms with Crippen LogP contribution >= 0.6 is 0 Å². The van der Waals surface area contributed by atoms with Crippen molar-refractivity contribution in [1.82, 2.24) is 0 Å². The summed E-state index contributed by atoms with van der Waals surface area (Å²) in [7, 11) is 4.65. The fourth-order valence-corrected chi connectivity index (χ4v) is 3.36. The van der Waals surface area contributed by atoms with Gasteiger partial charge in [0.15, 0.2) is 5.75 Å². The van der Waals surface area contributed by atoms with E-state index in [4.69, 9.17) is 14.2 Å². The lowest BCUT2D eigenvalue weighted by Crippen LogP contribution is -2.25. The molecule has 0 saturated carbocycles. The molecular weight excluding hydrogens is 384 g/mol. The Labute approximate surface area is 173 Å². The second kappa shape index (κ2) is 7.79. The van der Waals surface area contributed by atoms with Crippen molar-refractivity contribution in [2.75, 3.05) is 31.5 Å². The van der Waals surface area contributed by atoms with Gasteiger partial charge in [-0.05, 0) is 42.5 Å². The van der Waals surface area contributed by atoms with Gasteiger partial charge in [-0.3, -0.25) is 9.59 Å². The summed E-state index contributed by atoms with van der Waals surface area (Å²) in [5, 5.41) is 2.81. The highest BCUT2D eigenvalue weighted by Crippen LogP contribution is 2.39. The van der Waals surface area contributed by atoms with Crippen LogP contribution in [0.15, 0.2) is 60.7 Å². The molecule has 4 rings (SSSR count). The summed E-state index contributed by atoms with van der Waals surface area (Å²) < 4.78 is 16.5. The minimum absolute atomic E-state index is 0.235. The van der Waals surface area contributed by atoms with Gasteiger partial charge in [0.25, 0.3) is 11.8 Å². The first-order valence-electron chi connectivity index (χ1n) is 9.25. The van der Waals surface area contributed by atoms with Crippen molar-refractivity contribution in [2.45, 2.75) is 0 Å². The monoisotopic (exact) mass is 404 g/mol. The highest BCUT2D eigenvalue weighted by Gasteiger charge is 2.26. The van der Waals surface area contributed by atoms with E-state index in [0.29, 0.717) is 39.9 Å². The minimum atomic E-state index is -0.414. The maximum Gasteiger partial charge on any atom is 0.263 e. The number of hydrogen-bond acceptors (Lipinski definition) is 5. The second-order valence-electron chi connectivity index (χ2n) is 6.64. The molecule has 2 amide bonds. The van der Waals surface area contributed by atoms with E-state index >= 15 is 0 Å². The molecule has 0 saturated heterocycles. The first-order valence-corrected chi connectivity index (χ1v) is 9.25. The third-order valence-corrected chi connectivity index (χ3v) is 4.87. The zero-order valence-corrected chi connectivity index (χ0v) is 16.8. The zero-order valence-electron chi connectivity index (χ0n) is 16.8. The molecular formula is C23H20N2O5. The first kappa shape index (κ1) is 19.3. The molecule has 0 radical (unpaired) electrons. The van der Waals surface area contributed by atoms with Crippen molar-refractivity contribution in [3.63, 3.8) is 0 Å². The Morgan fingerprint density at radius 2 is 1.63 bits per heavy atom. The summed E-state index contributed by atoms with van der Waals surface area (Å²) in [5.41, 5.74) is 1.73.